The number of H-pyrrole nitrogens is 1. The van der Waals surface area contributed by atoms with Gasteiger partial charge in [0.25, 0.3) is 0 Å². The predicted octanol–water partition coefficient (Wildman–Crippen LogP) is 1.46. The third-order valence-electron chi connectivity index (χ3n) is 3.41. The van der Waals surface area contributed by atoms with Crippen LogP contribution in [0.1, 0.15) is 12.8 Å². The first-order chi connectivity index (χ1) is 8.33. The Hall–Kier alpha value is -1.62. The SMILES string of the molecule is CN1CCC(Nc2ncnc3[nH]ccc23)CC1. The first-order valence-corrected chi connectivity index (χ1v) is 6.06. The second kappa shape index (κ2) is 4.33. The minimum Gasteiger partial charge on any atom is -0.367 e. The van der Waals surface area contributed by atoms with Crippen molar-refractivity contribution in [2.75, 3.05) is 25.5 Å². The molecule has 1 aliphatic rings. The molecule has 2 N–H and O–H groups in total. The van der Waals surface area contributed by atoms with Crippen LogP contribution in [0.2, 0.25) is 0 Å². The van der Waals surface area contributed by atoms with E-state index in [1.165, 1.54) is 12.8 Å². The monoisotopic (exact) mass is 231 g/mol. The van der Waals surface area contributed by atoms with E-state index in [2.05, 4.69) is 32.2 Å². The molecule has 2 aromatic rings. The Morgan fingerprint density at radius 1 is 1.35 bits per heavy atom. The summed E-state index contributed by atoms with van der Waals surface area (Å²) in [5.41, 5.74) is 0.899. The molecule has 5 heteroatoms. The van der Waals surface area contributed by atoms with Gasteiger partial charge in [0, 0.05) is 12.2 Å². The van der Waals surface area contributed by atoms with Crippen molar-refractivity contribution in [1.82, 2.24) is 19.9 Å². The van der Waals surface area contributed by atoms with E-state index in [0.717, 1.165) is 29.9 Å². The molecule has 3 heterocycles. The van der Waals surface area contributed by atoms with Crippen molar-refractivity contribution in [3.05, 3.63) is 18.6 Å². The fourth-order valence-corrected chi connectivity index (χ4v) is 2.33. The van der Waals surface area contributed by atoms with Crippen molar-refractivity contribution in [2.24, 2.45) is 0 Å². The van der Waals surface area contributed by atoms with E-state index >= 15 is 0 Å². The van der Waals surface area contributed by atoms with Crippen LogP contribution in [0.25, 0.3) is 11.0 Å². The molecule has 5 nitrogen and oxygen atoms in total. The highest BCUT2D eigenvalue weighted by atomic mass is 15.1. The molecule has 0 atom stereocenters. The highest BCUT2D eigenvalue weighted by Gasteiger charge is 2.17. The second-order valence-corrected chi connectivity index (χ2v) is 4.68. The minimum absolute atomic E-state index is 0.527. The zero-order chi connectivity index (χ0) is 11.7. The Balaban J connectivity index is 1.78. The Labute approximate surface area is 100 Å². The lowest BCUT2D eigenvalue weighted by Crippen LogP contribution is -2.36. The molecule has 0 spiro atoms. The molecule has 1 aliphatic heterocycles. The Morgan fingerprint density at radius 2 is 2.18 bits per heavy atom. The molecule has 0 bridgehead atoms. The van der Waals surface area contributed by atoms with Gasteiger partial charge in [-0.25, -0.2) is 9.97 Å². The molecule has 3 rings (SSSR count). The lowest BCUT2D eigenvalue weighted by Gasteiger charge is -2.29. The molecule has 0 aromatic carbocycles. The zero-order valence-electron chi connectivity index (χ0n) is 9.98. The minimum atomic E-state index is 0.527. The lowest BCUT2D eigenvalue weighted by atomic mass is 10.1. The average molecular weight is 231 g/mol. The number of piperidine rings is 1. The number of hydrogen-bond donors (Lipinski definition) is 2. The van der Waals surface area contributed by atoms with E-state index in [4.69, 9.17) is 0 Å². The first kappa shape index (κ1) is 10.5. The molecule has 0 amide bonds. The number of likely N-dealkylation sites (tertiary alicyclic amines) is 1. The molecule has 1 fully saturated rings. The average Bonchev–Trinajstić information content (AvgIpc) is 2.81. The van der Waals surface area contributed by atoms with Gasteiger partial charge in [-0.05, 0) is 39.0 Å². The topological polar surface area (TPSA) is 56.8 Å². The highest BCUT2D eigenvalue weighted by Crippen LogP contribution is 2.20. The van der Waals surface area contributed by atoms with Gasteiger partial charge in [-0.1, -0.05) is 0 Å². The van der Waals surface area contributed by atoms with E-state index in [0.29, 0.717) is 6.04 Å². The van der Waals surface area contributed by atoms with Crippen LogP contribution in [0.3, 0.4) is 0 Å². The van der Waals surface area contributed by atoms with Crippen LogP contribution in [-0.4, -0.2) is 46.0 Å². The van der Waals surface area contributed by atoms with Crippen LogP contribution in [-0.2, 0) is 0 Å². The number of hydrogen-bond acceptors (Lipinski definition) is 4. The zero-order valence-corrected chi connectivity index (χ0v) is 9.98. The van der Waals surface area contributed by atoms with Gasteiger partial charge >= 0.3 is 0 Å². The smallest absolute Gasteiger partial charge is 0.142 e. The third-order valence-corrected chi connectivity index (χ3v) is 3.41. The maximum Gasteiger partial charge on any atom is 0.142 e. The number of aromatic nitrogens is 3. The van der Waals surface area contributed by atoms with Crippen LogP contribution < -0.4 is 5.32 Å². The summed E-state index contributed by atoms with van der Waals surface area (Å²) < 4.78 is 0. The van der Waals surface area contributed by atoms with Gasteiger partial charge in [-0.3, -0.25) is 0 Å². The van der Waals surface area contributed by atoms with E-state index in [9.17, 15) is 0 Å². The highest BCUT2D eigenvalue weighted by molar-refractivity contribution is 5.86. The summed E-state index contributed by atoms with van der Waals surface area (Å²) in [5, 5.41) is 4.61. The van der Waals surface area contributed by atoms with E-state index in [-0.39, 0.29) is 0 Å². The van der Waals surface area contributed by atoms with Crippen molar-refractivity contribution < 1.29 is 0 Å². The number of rotatable bonds is 2. The molecule has 17 heavy (non-hydrogen) atoms. The van der Waals surface area contributed by atoms with E-state index < -0.39 is 0 Å². The molecule has 0 unspecified atom stereocenters. The Morgan fingerprint density at radius 3 is 3.00 bits per heavy atom. The van der Waals surface area contributed by atoms with Crippen molar-refractivity contribution in [2.45, 2.75) is 18.9 Å². The van der Waals surface area contributed by atoms with E-state index in [1.54, 1.807) is 6.33 Å². The lowest BCUT2D eigenvalue weighted by molar-refractivity contribution is 0.264. The quantitative estimate of drug-likeness (QED) is 0.821. The van der Waals surface area contributed by atoms with E-state index in [1.807, 2.05) is 12.3 Å². The summed E-state index contributed by atoms with van der Waals surface area (Å²) in [7, 11) is 2.17. The normalized spacial score (nSPS) is 18.6. The molecular formula is C12H17N5. The summed E-state index contributed by atoms with van der Waals surface area (Å²) in [4.78, 5) is 14.0. The molecule has 0 aliphatic carbocycles. The van der Waals surface area contributed by atoms with Crippen LogP contribution in [0.15, 0.2) is 18.6 Å². The van der Waals surface area contributed by atoms with Gasteiger partial charge in [-0.2, -0.15) is 0 Å². The van der Waals surface area contributed by atoms with Crippen molar-refractivity contribution >= 4 is 16.9 Å². The molecule has 2 aromatic heterocycles. The predicted molar refractivity (Wildman–Crippen MR) is 68.0 cm³/mol. The Bertz CT molecular complexity index is 498. The second-order valence-electron chi connectivity index (χ2n) is 4.68. The van der Waals surface area contributed by atoms with Crippen LogP contribution in [0, 0.1) is 0 Å². The van der Waals surface area contributed by atoms with Gasteiger partial charge in [0.15, 0.2) is 0 Å². The molecule has 0 radical (unpaired) electrons. The number of aromatic amines is 1. The summed E-state index contributed by atoms with van der Waals surface area (Å²) in [6, 6.07) is 2.55. The summed E-state index contributed by atoms with van der Waals surface area (Å²) in [5.74, 6) is 0.950. The van der Waals surface area contributed by atoms with Crippen molar-refractivity contribution in [1.29, 1.82) is 0 Å². The maximum atomic E-state index is 4.34. The van der Waals surface area contributed by atoms with Crippen LogP contribution in [0.4, 0.5) is 5.82 Å². The van der Waals surface area contributed by atoms with Gasteiger partial charge in [0.2, 0.25) is 0 Å². The first-order valence-electron chi connectivity index (χ1n) is 6.06. The Kier molecular flexibility index (Phi) is 2.68. The molecule has 1 saturated heterocycles. The largest absolute Gasteiger partial charge is 0.367 e. The molecular weight excluding hydrogens is 214 g/mol. The van der Waals surface area contributed by atoms with Gasteiger partial charge in [-0.15, -0.1) is 0 Å². The third kappa shape index (κ3) is 2.10. The van der Waals surface area contributed by atoms with Gasteiger partial charge in [0.05, 0.1) is 5.39 Å². The molecule has 0 saturated carbocycles. The summed E-state index contributed by atoms with van der Waals surface area (Å²) >= 11 is 0. The van der Waals surface area contributed by atoms with Gasteiger partial charge < -0.3 is 15.2 Å². The van der Waals surface area contributed by atoms with Crippen LogP contribution in [0.5, 0.6) is 0 Å². The fraction of sp³-hybridized carbons (Fsp3) is 0.500. The van der Waals surface area contributed by atoms with Gasteiger partial charge in [0.1, 0.15) is 17.8 Å². The maximum absolute atomic E-state index is 4.34. The van der Waals surface area contributed by atoms with Crippen molar-refractivity contribution in [3.63, 3.8) is 0 Å². The summed E-state index contributed by atoms with van der Waals surface area (Å²) in [6.07, 6.45) is 5.86. The number of anilines is 1. The number of nitrogens with one attached hydrogen (secondary N) is 2. The number of fused-ring (bicyclic) bond motifs is 1. The van der Waals surface area contributed by atoms with Crippen molar-refractivity contribution in [3.8, 4) is 0 Å². The standard InChI is InChI=1S/C12H17N5/c1-17-6-3-9(4-7-17)16-12-10-2-5-13-11(10)14-8-15-12/h2,5,8-9H,3-4,6-7H2,1H3,(H2,13,14,15,16). The summed E-state index contributed by atoms with van der Waals surface area (Å²) in [6.45, 7) is 2.30. The fourth-order valence-electron chi connectivity index (χ4n) is 2.33. The molecule has 90 valence electrons. The van der Waals surface area contributed by atoms with Crippen LogP contribution >= 0.6 is 0 Å². The number of nitrogens with zero attached hydrogens (tertiary/aromatic N) is 3.